The van der Waals surface area contributed by atoms with Crippen LogP contribution in [0.25, 0.3) is 0 Å². The van der Waals surface area contributed by atoms with Crippen LogP contribution in [0.3, 0.4) is 0 Å². The largest absolute Gasteiger partial charge is 0.446 e. The van der Waals surface area contributed by atoms with Crippen molar-refractivity contribution in [2.75, 3.05) is 4.72 Å². The van der Waals surface area contributed by atoms with E-state index in [1.54, 1.807) is 18.2 Å². The molecule has 0 fully saturated rings. The minimum absolute atomic E-state index is 0.127. The molecule has 1 aromatic carbocycles. The Morgan fingerprint density at radius 1 is 1.14 bits per heavy atom. The normalized spacial score (nSPS) is 11.5. The molecule has 21 heavy (non-hydrogen) atoms. The SMILES string of the molecule is CCCCc1ccc(NS(=O)(=O)c2ccc(CN)o2)cc1. The lowest BCUT2D eigenvalue weighted by atomic mass is 10.1. The van der Waals surface area contributed by atoms with Crippen LogP contribution >= 0.6 is 0 Å². The van der Waals surface area contributed by atoms with Gasteiger partial charge in [-0.1, -0.05) is 25.5 Å². The van der Waals surface area contributed by atoms with E-state index in [9.17, 15) is 8.42 Å². The Morgan fingerprint density at radius 3 is 2.43 bits per heavy atom. The Labute approximate surface area is 125 Å². The van der Waals surface area contributed by atoms with Gasteiger partial charge in [0.15, 0.2) is 0 Å². The Bertz CT molecular complexity index is 675. The van der Waals surface area contributed by atoms with Gasteiger partial charge >= 0.3 is 0 Å². The highest BCUT2D eigenvalue weighted by atomic mass is 32.2. The molecule has 1 heterocycles. The first-order chi connectivity index (χ1) is 10.0. The van der Waals surface area contributed by atoms with Gasteiger partial charge < -0.3 is 10.2 Å². The Hall–Kier alpha value is -1.79. The van der Waals surface area contributed by atoms with Crippen molar-refractivity contribution in [2.45, 2.75) is 37.8 Å². The molecule has 0 atom stereocenters. The monoisotopic (exact) mass is 308 g/mol. The number of hydrogen-bond acceptors (Lipinski definition) is 4. The zero-order chi connectivity index (χ0) is 15.3. The summed E-state index contributed by atoms with van der Waals surface area (Å²) in [7, 11) is -3.70. The van der Waals surface area contributed by atoms with Gasteiger partial charge in [0.25, 0.3) is 10.0 Å². The number of furan rings is 1. The van der Waals surface area contributed by atoms with Crippen molar-refractivity contribution >= 4 is 15.7 Å². The fourth-order valence-electron chi connectivity index (χ4n) is 1.94. The fourth-order valence-corrected chi connectivity index (χ4v) is 2.95. The smallest absolute Gasteiger partial charge is 0.295 e. The van der Waals surface area contributed by atoms with Crippen LogP contribution in [0.1, 0.15) is 31.1 Å². The average Bonchev–Trinajstić information content (AvgIpc) is 2.96. The molecule has 1 aromatic heterocycles. The van der Waals surface area contributed by atoms with Gasteiger partial charge in [-0.05, 0) is 42.7 Å². The van der Waals surface area contributed by atoms with E-state index in [2.05, 4.69) is 11.6 Å². The molecule has 0 spiro atoms. The molecule has 0 amide bonds. The average molecular weight is 308 g/mol. The fraction of sp³-hybridized carbons (Fsp3) is 0.333. The van der Waals surface area contributed by atoms with Gasteiger partial charge in [-0.3, -0.25) is 4.72 Å². The van der Waals surface area contributed by atoms with E-state index in [4.69, 9.17) is 10.2 Å². The van der Waals surface area contributed by atoms with Gasteiger partial charge in [0.1, 0.15) is 5.76 Å². The van der Waals surface area contributed by atoms with E-state index in [1.165, 1.54) is 11.6 Å². The summed E-state index contributed by atoms with van der Waals surface area (Å²) < 4.78 is 31.9. The van der Waals surface area contributed by atoms with Gasteiger partial charge in [0, 0.05) is 5.69 Å². The number of nitrogens with one attached hydrogen (secondary N) is 1. The maximum absolute atomic E-state index is 12.1. The molecule has 0 saturated heterocycles. The van der Waals surface area contributed by atoms with Crippen molar-refractivity contribution < 1.29 is 12.8 Å². The number of nitrogens with two attached hydrogens (primary N) is 1. The molecule has 2 aromatic rings. The maximum atomic E-state index is 12.1. The van der Waals surface area contributed by atoms with Crippen LogP contribution in [0.5, 0.6) is 0 Å². The summed E-state index contributed by atoms with van der Waals surface area (Å²) in [5.41, 5.74) is 7.12. The van der Waals surface area contributed by atoms with Gasteiger partial charge in [-0.25, -0.2) is 0 Å². The summed E-state index contributed by atoms with van der Waals surface area (Å²) in [6.07, 6.45) is 3.26. The van der Waals surface area contributed by atoms with Crippen LogP contribution in [0, 0.1) is 0 Å². The molecule has 2 rings (SSSR count). The maximum Gasteiger partial charge on any atom is 0.295 e. The molecule has 0 saturated carbocycles. The topological polar surface area (TPSA) is 85.3 Å². The number of anilines is 1. The first-order valence-corrected chi connectivity index (χ1v) is 8.44. The quantitative estimate of drug-likeness (QED) is 0.823. The Morgan fingerprint density at radius 2 is 1.86 bits per heavy atom. The molecule has 114 valence electrons. The molecule has 0 aliphatic carbocycles. The van der Waals surface area contributed by atoms with Crippen molar-refractivity contribution in [2.24, 2.45) is 5.73 Å². The van der Waals surface area contributed by atoms with Crippen molar-refractivity contribution in [1.82, 2.24) is 0 Å². The van der Waals surface area contributed by atoms with Crippen LogP contribution in [0.4, 0.5) is 5.69 Å². The first-order valence-electron chi connectivity index (χ1n) is 6.95. The van der Waals surface area contributed by atoms with Crippen LogP contribution < -0.4 is 10.5 Å². The van der Waals surface area contributed by atoms with E-state index in [-0.39, 0.29) is 11.6 Å². The van der Waals surface area contributed by atoms with E-state index in [0.29, 0.717) is 11.4 Å². The van der Waals surface area contributed by atoms with E-state index in [1.807, 2.05) is 12.1 Å². The number of unbranched alkanes of at least 4 members (excludes halogenated alkanes) is 1. The van der Waals surface area contributed by atoms with Gasteiger partial charge in [0.2, 0.25) is 5.09 Å². The van der Waals surface area contributed by atoms with Crippen molar-refractivity contribution in [1.29, 1.82) is 0 Å². The highest BCUT2D eigenvalue weighted by Crippen LogP contribution is 2.19. The number of hydrogen-bond donors (Lipinski definition) is 2. The third kappa shape index (κ3) is 4.09. The highest BCUT2D eigenvalue weighted by Gasteiger charge is 2.18. The van der Waals surface area contributed by atoms with E-state index in [0.717, 1.165) is 19.3 Å². The molecule has 0 unspecified atom stereocenters. The summed E-state index contributed by atoms with van der Waals surface area (Å²) in [6.45, 7) is 2.31. The van der Waals surface area contributed by atoms with Gasteiger partial charge in [0.05, 0.1) is 6.54 Å². The van der Waals surface area contributed by atoms with Gasteiger partial charge in [-0.15, -0.1) is 0 Å². The predicted octanol–water partition coefficient (Wildman–Crippen LogP) is 2.88. The molecule has 0 radical (unpaired) electrons. The number of benzene rings is 1. The first kappa shape index (κ1) is 15.6. The number of sulfonamides is 1. The molecule has 6 heteroatoms. The summed E-state index contributed by atoms with van der Waals surface area (Å²) in [5, 5.41) is -0.127. The number of rotatable bonds is 7. The molecular formula is C15H20N2O3S. The van der Waals surface area contributed by atoms with E-state index < -0.39 is 10.0 Å². The summed E-state index contributed by atoms with van der Waals surface area (Å²) in [4.78, 5) is 0. The minimum atomic E-state index is -3.70. The second-order valence-corrected chi connectivity index (χ2v) is 6.44. The lowest BCUT2D eigenvalue weighted by Gasteiger charge is -2.07. The zero-order valence-corrected chi connectivity index (χ0v) is 12.8. The lowest BCUT2D eigenvalue weighted by Crippen LogP contribution is -2.12. The predicted molar refractivity (Wildman–Crippen MR) is 82.5 cm³/mol. The molecule has 0 aliphatic heterocycles. The molecule has 0 bridgehead atoms. The van der Waals surface area contributed by atoms with Crippen LogP contribution in [-0.4, -0.2) is 8.42 Å². The summed E-state index contributed by atoms with van der Waals surface area (Å²) in [6, 6.07) is 10.3. The second-order valence-electron chi connectivity index (χ2n) is 4.83. The van der Waals surface area contributed by atoms with Crippen LogP contribution in [0.2, 0.25) is 0 Å². The zero-order valence-electron chi connectivity index (χ0n) is 12.0. The Balaban J connectivity index is 2.09. The summed E-state index contributed by atoms with van der Waals surface area (Å²) in [5.74, 6) is 0.435. The van der Waals surface area contributed by atoms with Crippen molar-refractivity contribution in [3.8, 4) is 0 Å². The third-order valence-electron chi connectivity index (χ3n) is 3.13. The van der Waals surface area contributed by atoms with Crippen molar-refractivity contribution in [3.05, 3.63) is 47.7 Å². The van der Waals surface area contributed by atoms with Gasteiger partial charge in [-0.2, -0.15) is 8.42 Å². The van der Waals surface area contributed by atoms with E-state index >= 15 is 0 Å². The third-order valence-corrected chi connectivity index (χ3v) is 4.38. The lowest BCUT2D eigenvalue weighted by molar-refractivity contribution is 0.417. The van der Waals surface area contributed by atoms with Crippen molar-refractivity contribution in [3.63, 3.8) is 0 Å². The number of aryl methyl sites for hydroxylation is 1. The standard InChI is InChI=1S/C15H20N2O3S/c1-2-3-4-12-5-7-13(8-6-12)17-21(18,19)15-10-9-14(11-16)20-15/h5-10,17H,2-4,11,16H2,1H3. The molecule has 0 aliphatic rings. The Kier molecular flexibility index (Phi) is 5.03. The molecular weight excluding hydrogens is 288 g/mol. The van der Waals surface area contributed by atoms with Crippen LogP contribution in [-0.2, 0) is 23.0 Å². The highest BCUT2D eigenvalue weighted by molar-refractivity contribution is 7.92. The van der Waals surface area contributed by atoms with Crippen LogP contribution in [0.15, 0.2) is 45.9 Å². The minimum Gasteiger partial charge on any atom is -0.446 e. The molecule has 3 N–H and O–H groups in total. The second kappa shape index (κ2) is 6.78. The summed E-state index contributed by atoms with van der Waals surface area (Å²) >= 11 is 0. The molecule has 5 nitrogen and oxygen atoms in total.